The molecule has 0 N–H and O–H groups in total. The molecule has 0 saturated heterocycles. The second-order valence-corrected chi connectivity index (χ2v) is 10.4. The van der Waals surface area contributed by atoms with Gasteiger partial charge in [-0.25, -0.2) is 0 Å². The summed E-state index contributed by atoms with van der Waals surface area (Å²) in [4.78, 5) is 0. The minimum atomic E-state index is 0.927. The molecule has 0 bridgehead atoms. The van der Waals surface area contributed by atoms with E-state index < -0.39 is 0 Å². The highest BCUT2D eigenvalue weighted by molar-refractivity contribution is 6.20. The Balaban J connectivity index is 1.41. The average molecular weight is 499 g/mol. The summed E-state index contributed by atoms with van der Waals surface area (Å²) in [6, 6.07) is 43.6. The predicted molar refractivity (Wildman–Crippen MR) is 166 cm³/mol. The van der Waals surface area contributed by atoms with Gasteiger partial charge in [0.15, 0.2) is 0 Å². The van der Waals surface area contributed by atoms with E-state index in [4.69, 9.17) is 4.42 Å². The van der Waals surface area contributed by atoms with Gasteiger partial charge < -0.3 is 4.42 Å². The fourth-order valence-corrected chi connectivity index (χ4v) is 6.39. The van der Waals surface area contributed by atoms with Crippen LogP contribution in [0.5, 0.6) is 0 Å². The third-order valence-electron chi connectivity index (χ3n) is 8.14. The number of hydrogen-bond acceptors (Lipinski definition) is 1. The molecule has 1 aliphatic rings. The first-order chi connectivity index (χ1) is 19.3. The molecule has 1 heterocycles. The number of hydrogen-bond donors (Lipinski definition) is 0. The van der Waals surface area contributed by atoms with Crippen molar-refractivity contribution in [3.63, 3.8) is 0 Å². The Morgan fingerprint density at radius 3 is 1.77 bits per heavy atom. The number of allylic oxidation sites excluding steroid dienone is 4. The van der Waals surface area contributed by atoms with E-state index in [9.17, 15) is 0 Å². The van der Waals surface area contributed by atoms with Crippen molar-refractivity contribution >= 4 is 54.6 Å². The fourth-order valence-electron chi connectivity index (χ4n) is 6.39. The molecule has 0 aliphatic heterocycles. The number of rotatable bonds is 3. The molecular formula is C38H26O. The van der Waals surface area contributed by atoms with Crippen molar-refractivity contribution in [3.8, 4) is 11.1 Å². The van der Waals surface area contributed by atoms with Gasteiger partial charge in [-0.1, -0.05) is 115 Å². The Hall–Kier alpha value is -4.88. The van der Waals surface area contributed by atoms with Crippen LogP contribution in [0.3, 0.4) is 0 Å². The Labute approximate surface area is 227 Å². The second kappa shape index (κ2) is 8.85. The molecular weight excluding hydrogens is 472 g/mol. The quantitative estimate of drug-likeness (QED) is 0.221. The summed E-state index contributed by atoms with van der Waals surface area (Å²) in [6.45, 7) is 0. The molecule has 0 atom stereocenters. The zero-order valence-electron chi connectivity index (χ0n) is 21.5. The van der Waals surface area contributed by atoms with Crippen molar-refractivity contribution in [1.29, 1.82) is 0 Å². The normalized spacial score (nSPS) is 13.7. The molecule has 39 heavy (non-hydrogen) atoms. The molecule has 0 saturated carbocycles. The SMILES string of the molecule is C1=C(c2ccccc2)CCC=C1c1c2ccccc2c(-c2ccc3oc4ccccc4c3c2)c2ccccc12. The summed E-state index contributed by atoms with van der Waals surface area (Å²) >= 11 is 0. The molecule has 1 aliphatic carbocycles. The number of fused-ring (bicyclic) bond motifs is 5. The lowest BCUT2D eigenvalue weighted by Crippen LogP contribution is -1.97. The van der Waals surface area contributed by atoms with E-state index in [1.165, 1.54) is 54.9 Å². The first-order valence-corrected chi connectivity index (χ1v) is 13.7. The lowest BCUT2D eigenvalue weighted by atomic mass is 9.83. The van der Waals surface area contributed by atoms with Crippen LogP contribution in [0, 0.1) is 0 Å². The molecule has 1 heteroatoms. The van der Waals surface area contributed by atoms with E-state index in [-0.39, 0.29) is 0 Å². The molecule has 8 rings (SSSR count). The van der Waals surface area contributed by atoms with Gasteiger partial charge in [0, 0.05) is 10.8 Å². The Bertz CT molecular complexity index is 2050. The summed E-state index contributed by atoms with van der Waals surface area (Å²) in [7, 11) is 0. The maximum absolute atomic E-state index is 6.15. The first kappa shape index (κ1) is 22.1. The summed E-state index contributed by atoms with van der Waals surface area (Å²) in [5.74, 6) is 0. The monoisotopic (exact) mass is 498 g/mol. The molecule has 7 aromatic rings. The van der Waals surface area contributed by atoms with Gasteiger partial charge in [-0.05, 0) is 86.0 Å². The summed E-state index contributed by atoms with van der Waals surface area (Å²) in [5, 5.41) is 7.45. The third kappa shape index (κ3) is 3.55. The second-order valence-electron chi connectivity index (χ2n) is 10.4. The van der Waals surface area contributed by atoms with E-state index in [0.29, 0.717) is 0 Å². The van der Waals surface area contributed by atoms with Gasteiger partial charge in [0.1, 0.15) is 11.2 Å². The van der Waals surface area contributed by atoms with Crippen LogP contribution >= 0.6 is 0 Å². The minimum Gasteiger partial charge on any atom is -0.456 e. The van der Waals surface area contributed by atoms with E-state index in [1.807, 2.05) is 12.1 Å². The van der Waals surface area contributed by atoms with Crippen molar-refractivity contribution in [3.05, 3.63) is 145 Å². The standard InChI is InChI=1S/C38H26O/c1-2-11-25(12-3-1)26-13-10-14-27(23-26)37-30-16-4-6-18-32(30)38(33-19-7-5-17-31(33)37)28-21-22-36-34(24-28)29-15-8-9-20-35(29)39-36/h1-9,11-12,14-24H,10,13H2. The molecule has 6 aromatic carbocycles. The van der Waals surface area contributed by atoms with Crippen LogP contribution < -0.4 is 0 Å². The maximum atomic E-state index is 6.15. The molecule has 0 amide bonds. The van der Waals surface area contributed by atoms with Gasteiger partial charge in [0.25, 0.3) is 0 Å². The van der Waals surface area contributed by atoms with Crippen LogP contribution in [0.2, 0.25) is 0 Å². The molecule has 0 fully saturated rings. The van der Waals surface area contributed by atoms with E-state index in [1.54, 1.807) is 0 Å². The van der Waals surface area contributed by atoms with E-state index in [2.05, 4.69) is 121 Å². The Morgan fingerprint density at radius 1 is 0.462 bits per heavy atom. The highest BCUT2D eigenvalue weighted by Gasteiger charge is 2.19. The van der Waals surface area contributed by atoms with Crippen LogP contribution in [0.4, 0.5) is 0 Å². The summed E-state index contributed by atoms with van der Waals surface area (Å²) in [5.41, 5.74) is 9.71. The molecule has 1 aromatic heterocycles. The zero-order chi connectivity index (χ0) is 25.8. The minimum absolute atomic E-state index is 0.927. The van der Waals surface area contributed by atoms with Gasteiger partial charge in [0.05, 0.1) is 0 Å². The van der Waals surface area contributed by atoms with Gasteiger partial charge in [-0.15, -0.1) is 0 Å². The van der Waals surface area contributed by atoms with Gasteiger partial charge in [0.2, 0.25) is 0 Å². The highest BCUT2D eigenvalue weighted by atomic mass is 16.3. The van der Waals surface area contributed by atoms with Crippen LogP contribution in [0.25, 0.3) is 65.8 Å². The van der Waals surface area contributed by atoms with Crippen molar-refractivity contribution < 1.29 is 4.42 Å². The first-order valence-electron chi connectivity index (χ1n) is 13.7. The Kier molecular flexibility index (Phi) is 5.03. The number of furan rings is 1. The van der Waals surface area contributed by atoms with E-state index >= 15 is 0 Å². The largest absolute Gasteiger partial charge is 0.456 e. The van der Waals surface area contributed by atoms with Gasteiger partial charge in [-0.2, -0.15) is 0 Å². The third-order valence-corrected chi connectivity index (χ3v) is 8.14. The fraction of sp³-hybridized carbons (Fsp3) is 0.0526. The maximum Gasteiger partial charge on any atom is 0.135 e. The van der Waals surface area contributed by atoms with Gasteiger partial charge >= 0.3 is 0 Å². The average Bonchev–Trinajstić information content (AvgIpc) is 3.38. The smallest absolute Gasteiger partial charge is 0.135 e. The molecule has 184 valence electrons. The van der Waals surface area contributed by atoms with Crippen molar-refractivity contribution in [1.82, 2.24) is 0 Å². The molecule has 0 unspecified atom stereocenters. The van der Waals surface area contributed by atoms with Crippen LogP contribution in [0.1, 0.15) is 24.0 Å². The van der Waals surface area contributed by atoms with Crippen LogP contribution in [-0.4, -0.2) is 0 Å². The van der Waals surface area contributed by atoms with Crippen LogP contribution in [-0.2, 0) is 0 Å². The molecule has 1 nitrogen and oxygen atoms in total. The van der Waals surface area contributed by atoms with Gasteiger partial charge in [-0.3, -0.25) is 0 Å². The lowest BCUT2D eigenvalue weighted by molar-refractivity contribution is 0.669. The Morgan fingerprint density at radius 2 is 1.05 bits per heavy atom. The lowest BCUT2D eigenvalue weighted by Gasteiger charge is -2.21. The van der Waals surface area contributed by atoms with E-state index in [0.717, 1.165) is 34.8 Å². The molecule has 0 spiro atoms. The van der Waals surface area contributed by atoms with Crippen LogP contribution in [0.15, 0.2) is 138 Å². The van der Waals surface area contributed by atoms with Crippen molar-refractivity contribution in [2.24, 2.45) is 0 Å². The van der Waals surface area contributed by atoms with Crippen molar-refractivity contribution in [2.45, 2.75) is 12.8 Å². The summed E-state index contributed by atoms with van der Waals surface area (Å²) in [6.07, 6.45) is 6.95. The number of para-hydroxylation sites is 1. The topological polar surface area (TPSA) is 13.1 Å². The number of benzene rings is 6. The van der Waals surface area contributed by atoms with Crippen molar-refractivity contribution in [2.75, 3.05) is 0 Å². The summed E-state index contributed by atoms with van der Waals surface area (Å²) < 4.78 is 6.15. The zero-order valence-corrected chi connectivity index (χ0v) is 21.5. The highest BCUT2D eigenvalue weighted by Crippen LogP contribution is 2.44. The predicted octanol–water partition coefficient (Wildman–Crippen LogP) is 10.8. The molecule has 0 radical (unpaired) electrons.